The summed E-state index contributed by atoms with van der Waals surface area (Å²) in [5.74, 6) is -0.258. The van der Waals surface area contributed by atoms with Crippen molar-refractivity contribution in [3.63, 3.8) is 0 Å². The lowest BCUT2D eigenvalue weighted by Gasteiger charge is -2.06. The first-order valence-electron chi connectivity index (χ1n) is 5.45. The normalized spacial score (nSPS) is 10.9. The SMILES string of the molecule is CCCCc1ncc2cc(F)ccc2c1Cl. The maximum absolute atomic E-state index is 13.0. The molecule has 0 amide bonds. The van der Waals surface area contributed by atoms with E-state index in [9.17, 15) is 4.39 Å². The van der Waals surface area contributed by atoms with Crippen molar-refractivity contribution in [2.45, 2.75) is 26.2 Å². The van der Waals surface area contributed by atoms with Crippen LogP contribution in [0.4, 0.5) is 4.39 Å². The first-order chi connectivity index (χ1) is 7.72. The number of rotatable bonds is 3. The van der Waals surface area contributed by atoms with E-state index < -0.39 is 0 Å². The van der Waals surface area contributed by atoms with Gasteiger partial charge in [-0.2, -0.15) is 0 Å². The quantitative estimate of drug-likeness (QED) is 0.773. The Labute approximate surface area is 99.3 Å². The molecule has 1 aromatic heterocycles. The lowest BCUT2D eigenvalue weighted by molar-refractivity contribution is 0.629. The molecule has 0 N–H and O–H groups in total. The largest absolute Gasteiger partial charge is 0.259 e. The van der Waals surface area contributed by atoms with E-state index in [1.54, 1.807) is 12.3 Å². The fourth-order valence-corrected chi connectivity index (χ4v) is 2.03. The van der Waals surface area contributed by atoms with Gasteiger partial charge in [0.1, 0.15) is 5.82 Å². The van der Waals surface area contributed by atoms with Crippen LogP contribution in [0.25, 0.3) is 10.8 Å². The monoisotopic (exact) mass is 237 g/mol. The molecule has 0 spiro atoms. The lowest BCUT2D eigenvalue weighted by Crippen LogP contribution is -1.92. The fourth-order valence-electron chi connectivity index (χ4n) is 1.72. The third kappa shape index (κ3) is 2.17. The Morgan fingerprint density at radius 2 is 2.19 bits per heavy atom. The van der Waals surface area contributed by atoms with Gasteiger partial charge in [-0.25, -0.2) is 4.39 Å². The van der Waals surface area contributed by atoms with E-state index in [0.717, 1.165) is 35.7 Å². The van der Waals surface area contributed by atoms with E-state index in [1.165, 1.54) is 12.1 Å². The smallest absolute Gasteiger partial charge is 0.123 e. The molecule has 0 unspecified atom stereocenters. The molecule has 3 heteroatoms. The first-order valence-corrected chi connectivity index (χ1v) is 5.83. The lowest BCUT2D eigenvalue weighted by atomic mass is 10.1. The number of hydrogen-bond acceptors (Lipinski definition) is 1. The van der Waals surface area contributed by atoms with E-state index in [1.807, 2.05) is 0 Å². The van der Waals surface area contributed by atoms with Crippen molar-refractivity contribution in [3.8, 4) is 0 Å². The molecule has 0 aliphatic heterocycles. The average molecular weight is 238 g/mol. The number of aromatic nitrogens is 1. The van der Waals surface area contributed by atoms with Crippen LogP contribution in [0.3, 0.4) is 0 Å². The van der Waals surface area contributed by atoms with Crippen molar-refractivity contribution in [3.05, 3.63) is 40.9 Å². The molecular formula is C13H13ClFN. The molecule has 1 nitrogen and oxygen atoms in total. The molecule has 16 heavy (non-hydrogen) atoms. The Morgan fingerprint density at radius 1 is 1.38 bits per heavy atom. The van der Waals surface area contributed by atoms with E-state index in [2.05, 4.69) is 11.9 Å². The Hall–Kier alpha value is -1.15. The van der Waals surface area contributed by atoms with Gasteiger partial charge in [-0.1, -0.05) is 24.9 Å². The van der Waals surface area contributed by atoms with Crippen LogP contribution in [0.15, 0.2) is 24.4 Å². The van der Waals surface area contributed by atoms with Gasteiger partial charge in [0, 0.05) is 17.0 Å². The van der Waals surface area contributed by atoms with E-state index in [-0.39, 0.29) is 5.82 Å². The maximum atomic E-state index is 13.0. The van der Waals surface area contributed by atoms with Crippen molar-refractivity contribution < 1.29 is 4.39 Å². The number of fused-ring (bicyclic) bond motifs is 1. The Balaban J connectivity index is 2.48. The molecule has 1 aromatic carbocycles. The summed E-state index contributed by atoms with van der Waals surface area (Å²) in [5.41, 5.74) is 0.905. The third-order valence-electron chi connectivity index (χ3n) is 2.63. The van der Waals surface area contributed by atoms with Crippen LogP contribution >= 0.6 is 11.6 Å². The second-order valence-corrected chi connectivity index (χ2v) is 4.23. The minimum atomic E-state index is -0.258. The highest BCUT2D eigenvalue weighted by Crippen LogP contribution is 2.27. The van der Waals surface area contributed by atoms with E-state index in [0.29, 0.717) is 5.02 Å². The standard InChI is InChI=1S/C13H13ClFN/c1-2-3-4-12-13(14)11-6-5-10(15)7-9(11)8-16-12/h5-8H,2-4H2,1H3. The molecular weight excluding hydrogens is 225 g/mol. The summed E-state index contributed by atoms with van der Waals surface area (Å²) < 4.78 is 13.0. The highest BCUT2D eigenvalue weighted by Gasteiger charge is 2.07. The summed E-state index contributed by atoms with van der Waals surface area (Å²) >= 11 is 6.24. The minimum Gasteiger partial charge on any atom is -0.259 e. The number of benzene rings is 1. The van der Waals surface area contributed by atoms with Crippen molar-refractivity contribution in [1.29, 1.82) is 0 Å². The van der Waals surface area contributed by atoms with Gasteiger partial charge in [-0.3, -0.25) is 4.98 Å². The van der Waals surface area contributed by atoms with Gasteiger partial charge >= 0.3 is 0 Å². The number of aryl methyl sites for hydroxylation is 1. The molecule has 0 bridgehead atoms. The summed E-state index contributed by atoms with van der Waals surface area (Å²) in [6.07, 6.45) is 4.75. The average Bonchev–Trinajstić information content (AvgIpc) is 2.28. The van der Waals surface area contributed by atoms with Crippen LogP contribution in [0.1, 0.15) is 25.5 Å². The van der Waals surface area contributed by atoms with Crippen molar-refractivity contribution in [2.24, 2.45) is 0 Å². The molecule has 0 aliphatic carbocycles. The summed E-state index contributed by atoms with van der Waals surface area (Å²) in [6.45, 7) is 2.13. The molecule has 2 rings (SSSR count). The molecule has 1 heterocycles. The maximum Gasteiger partial charge on any atom is 0.123 e. The van der Waals surface area contributed by atoms with Gasteiger partial charge in [0.15, 0.2) is 0 Å². The second-order valence-electron chi connectivity index (χ2n) is 3.85. The highest BCUT2D eigenvalue weighted by atomic mass is 35.5. The predicted molar refractivity (Wildman–Crippen MR) is 65.3 cm³/mol. The Kier molecular flexibility index (Phi) is 3.39. The van der Waals surface area contributed by atoms with Gasteiger partial charge in [-0.05, 0) is 31.0 Å². The highest BCUT2D eigenvalue weighted by molar-refractivity contribution is 6.36. The molecule has 84 valence electrons. The zero-order valence-corrected chi connectivity index (χ0v) is 9.89. The molecule has 0 atom stereocenters. The van der Waals surface area contributed by atoms with Crippen LogP contribution in [-0.2, 0) is 6.42 Å². The summed E-state index contributed by atoms with van der Waals surface area (Å²) in [6, 6.07) is 4.60. The van der Waals surface area contributed by atoms with Crippen molar-refractivity contribution in [2.75, 3.05) is 0 Å². The summed E-state index contributed by atoms with van der Waals surface area (Å²) in [7, 11) is 0. The number of halogens is 2. The van der Waals surface area contributed by atoms with Crippen LogP contribution in [0.5, 0.6) is 0 Å². The van der Waals surface area contributed by atoms with E-state index >= 15 is 0 Å². The van der Waals surface area contributed by atoms with E-state index in [4.69, 9.17) is 11.6 Å². The predicted octanol–water partition coefficient (Wildman–Crippen LogP) is 4.37. The number of nitrogens with zero attached hydrogens (tertiary/aromatic N) is 1. The van der Waals surface area contributed by atoms with Crippen LogP contribution in [0, 0.1) is 5.82 Å². The number of pyridine rings is 1. The molecule has 0 saturated carbocycles. The third-order valence-corrected chi connectivity index (χ3v) is 3.05. The minimum absolute atomic E-state index is 0.258. The molecule has 0 fully saturated rings. The first kappa shape index (κ1) is 11.3. The second kappa shape index (κ2) is 4.79. The van der Waals surface area contributed by atoms with Gasteiger partial charge in [0.05, 0.1) is 10.7 Å². The fraction of sp³-hybridized carbons (Fsp3) is 0.308. The van der Waals surface area contributed by atoms with Gasteiger partial charge in [-0.15, -0.1) is 0 Å². The van der Waals surface area contributed by atoms with Gasteiger partial charge in [0.2, 0.25) is 0 Å². The zero-order chi connectivity index (χ0) is 11.5. The zero-order valence-electron chi connectivity index (χ0n) is 9.13. The molecule has 0 saturated heterocycles. The van der Waals surface area contributed by atoms with Crippen molar-refractivity contribution >= 4 is 22.4 Å². The number of unbranched alkanes of at least 4 members (excludes halogenated alkanes) is 1. The van der Waals surface area contributed by atoms with Gasteiger partial charge in [0.25, 0.3) is 0 Å². The molecule has 2 aromatic rings. The molecule has 0 aliphatic rings. The topological polar surface area (TPSA) is 12.9 Å². The van der Waals surface area contributed by atoms with Crippen LogP contribution in [0.2, 0.25) is 5.02 Å². The van der Waals surface area contributed by atoms with Crippen molar-refractivity contribution in [1.82, 2.24) is 4.98 Å². The van der Waals surface area contributed by atoms with Gasteiger partial charge < -0.3 is 0 Å². The Bertz CT molecular complexity index is 511. The van der Waals surface area contributed by atoms with Crippen LogP contribution < -0.4 is 0 Å². The summed E-state index contributed by atoms with van der Waals surface area (Å²) in [4.78, 5) is 4.29. The van der Waals surface area contributed by atoms with Crippen LogP contribution in [-0.4, -0.2) is 4.98 Å². The molecule has 0 radical (unpaired) electrons. The summed E-state index contributed by atoms with van der Waals surface area (Å²) in [5, 5.41) is 2.29. The Morgan fingerprint density at radius 3 is 2.94 bits per heavy atom. The number of hydrogen-bond donors (Lipinski definition) is 0.